The second-order valence-electron chi connectivity index (χ2n) is 4.83. The van der Waals surface area contributed by atoms with Crippen LogP contribution in [0.15, 0.2) is 23.1 Å². The number of hydrogen-bond acceptors (Lipinski definition) is 5. The molecule has 0 radical (unpaired) electrons. The van der Waals surface area contributed by atoms with Gasteiger partial charge in [-0.05, 0) is 18.1 Å². The third-order valence-electron chi connectivity index (χ3n) is 2.75. The maximum Gasteiger partial charge on any atom is 0.292 e. The molecule has 1 aromatic rings. The van der Waals surface area contributed by atoms with Gasteiger partial charge >= 0.3 is 0 Å². The molecule has 112 valence electrons. The number of hydrogen-bond donors (Lipinski definition) is 1. The van der Waals surface area contributed by atoms with E-state index in [9.17, 15) is 18.5 Å². The number of nitro groups is 1. The van der Waals surface area contributed by atoms with Crippen LogP contribution in [0.25, 0.3) is 0 Å². The van der Waals surface area contributed by atoms with E-state index in [1.54, 1.807) is 6.92 Å². The van der Waals surface area contributed by atoms with Gasteiger partial charge in [0.05, 0.1) is 9.82 Å². The first-order chi connectivity index (χ1) is 9.20. The first-order valence-electron chi connectivity index (χ1n) is 6.24. The van der Waals surface area contributed by atoms with E-state index in [1.165, 1.54) is 10.4 Å². The first-order valence-corrected chi connectivity index (χ1v) is 7.68. The molecule has 0 heterocycles. The highest BCUT2D eigenvalue weighted by Gasteiger charge is 2.25. The van der Waals surface area contributed by atoms with Gasteiger partial charge in [-0.15, -0.1) is 0 Å². The van der Waals surface area contributed by atoms with Gasteiger partial charge in [0, 0.05) is 19.2 Å². The number of nitrogens with two attached hydrogens (primary N) is 1. The smallest absolute Gasteiger partial charge is 0.292 e. The van der Waals surface area contributed by atoms with Gasteiger partial charge in [-0.3, -0.25) is 10.1 Å². The van der Waals surface area contributed by atoms with E-state index in [0.717, 1.165) is 12.1 Å². The van der Waals surface area contributed by atoms with Crippen molar-refractivity contribution < 1.29 is 13.3 Å². The van der Waals surface area contributed by atoms with Crippen LogP contribution in [0.3, 0.4) is 0 Å². The maximum absolute atomic E-state index is 12.4. The molecule has 20 heavy (non-hydrogen) atoms. The summed E-state index contributed by atoms with van der Waals surface area (Å²) < 4.78 is 26.2. The number of sulfonamides is 1. The fourth-order valence-electron chi connectivity index (χ4n) is 1.81. The largest absolute Gasteiger partial charge is 0.393 e. The number of anilines is 1. The average molecular weight is 301 g/mol. The zero-order valence-electron chi connectivity index (χ0n) is 11.7. The lowest BCUT2D eigenvalue weighted by Gasteiger charge is -2.22. The molecule has 0 unspecified atom stereocenters. The Bertz CT molecular complexity index is 599. The molecule has 8 heteroatoms. The van der Waals surface area contributed by atoms with E-state index < -0.39 is 14.9 Å². The molecule has 0 aromatic heterocycles. The zero-order valence-corrected chi connectivity index (χ0v) is 12.6. The van der Waals surface area contributed by atoms with Crippen molar-refractivity contribution in [1.29, 1.82) is 0 Å². The third-order valence-corrected chi connectivity index (χ3v) is 4.69. The van der Waals surface area contributed by atoms with Crippen LogP contribution >= 0.6 is 0 Å². The summed E-state index contributed by atoms with van der Waals surface area (Å²) in [7, 11) is -3.68. The summed E-state index contributed by atoms with van der Waals surface area (Å²) in [5.74, 6) is 0.181. The summed E-state index contributed by atoms with van der Waals surface area (Å²) in [6.45, 7) is 6.30. The number of nitrogen functional groups attached to an aromatic ring is 1. The molecule has 0 aliphatic carbocycles. The van der Waals surface area contributed by atoms with Gasteiger partial charge in [0.15, 0.2) is 0 Å². The Morgan fingerprint density at radius 1 is 1.40 bits per heavy atom. The fourth-order valence-corrected chi connectivity index (χ4v) is 3.46. The van der Waals surface area contributed by atoms with Crippen molar-refractivity contribution in [3.8, 4) is 0 Å². The van der Waals surface area contributed by atoms with Crippen LogP contribution in [0.1, 0.15) is 20.8 Å². The standard InChI is InChI=1S/C12H19N3O4S/c1-4-14(8-9(2)3)20(18,19)10-5-6-12(15(16)17)11(13)7-10/h5-7,9H,4,8,13H2,1-3H3. The lowest BCUT2D eigenvalue weighted by molar-refractivity contribution is -0.383. The summed E-state index contributed by atoms with van der Waals surface area (Å²) in [5, 5.41) is 10.7. The van der Waals surface area contributed by atoms with Crippen LogP contribution in [0.5, 0.6) is 0 Å². The summed E-state index contributed by atoms with van der Waals surface area (Å²) in [6, 6.07) is 3.47. The van der Waals surface area contributed by atoms with Crippen LogP contribution in [0.4, 0.5) is 11.4 Å². The minimum atomic E-state index is -3.68. The fraction of sp³-hybridized carbons (Fsp3) is 0.500. The first kappa shape index (κ1) is 16.4. The molecular weight excluding hydrogens is 282 g/mol. The van der Waals surface area contributed by atoms with Crippen molar-refractivity contribution in [3.05, 3.63) is 28.3 Å². The molecular formula is C12H19N3O4S. The lowest BCUT2D eigenvalue weighted by Crippen LogP contribution is -2.34. The molecule has 0 saturated heterocycles. The molecule has 0 amide bonds. The van der Waals surface area contributed by atoms with Crippen LogP contribution in [-0.4, -0.2) is 30.7 Å². The predicted octanol–water partition coefficient (Wildman–Crippen LogP) is 1.84. The van der Waals surface area contributed by atoms with Gasteiger partial charge in [0.2, 0.25) is 10.0 Å². The van der Waals surface area contributed by atoms with Crippen molar-refractivity contribution in [2.45, 2.75) is 25.7 Å². The van der Waals surface area contributed by atoms with Gasteiger partial charge < -0.3 is 5.73 Å². The Kier molecular flexibility index (Phi) is 5.07. The van der Waals surface area contributed by atoms with Gasteiger partial charge in [-0.25, -0.2) is 8.42 Å². The second-order valence-corrected chi connectivity index (χ2v) is 6.77. The number of nitrogens with zero attached hydrogens (tertiary/aromatic N) is 2. The maximum atomic E-state index is 12.4. The molecule has 0 atom stereocenters. The molecule has 0 aliphatic rings. The van der Waals surface area contributed by atoms with Crippen molar-refractivity contribution in [3.63, 3.8) is 0 Å². The minimum Gasteiger partial charge on any atom is -0.393 e. The van der Waals surface area contributed by atoms with Gasteiger partial charge in [-0.1, -0.05) is 20.8 Å². The molecule has 0 aliphatic heterocycles. The van der Waals surface area contributed by atoms with E-state index >= 15 is 0 Å². The van der Waals surface area contributed by atoms with E-state index in [2.05, 4.69) is 0 Å². The Morgan fingerprint density at radius 2 is 2.00 bits per heavy atom. The Balaban J connectivity index is 3.21. The van der Waals surface area contributed by atoms with Gasteiger partial charge in [0.1, 0.15) is 5.69 Å². The van der Waals surface area contributed by atoms with Gasteiger partial charge in [-0.2, -0.15) is 4.31 Å². The Labute approximate surface area is 118 Å². The average Bonchev–Trinajstić information content (AvgIpc) is 2.34. The van der Waals surface area contributed by atoms with Crippen molar-refractivity contribution >= 4 is 21.4 Å². The molecule has 0 spiro atoms. The molecule has 2 N–H and O–H groups in total. The Morgan fingerprint density at radius 3 is 2.40 bits per heavy atom. The van der Waals surface area contributed by atoms with E-state index in [0.29, 0.717) is 13.1 Å². The monoisotopic (exact) mass is 301 g/mol. The molecule has 0 saturated carbocycles. The van der Waals surface area contributed by atoms with Gasteiger partial charge in [0.25, 0.3) is 5.69 Å². The predicted molar refractivity (Wildman–Crippen MR) is 76.8 cm³/mol. The van der Waals surface area contributed by atoms with Crippen molar-refractivity contribution in [2.24, 2.45) is 5.92 Å². The number of nitro benzene ring substituents is 1. The van der Waals surface area contributed by atoms with E-state index in [-0.39, 0.29) is 22.2 Å². The highest BCUT2D eigenvalue weighted by Crippen LogP contribution is 2.26. The summed E-state index contributed by atoms with van der Waals surface area (Å²) >= 11 is 0. The second kappa shape index (κ2) is 6.19. The van der Waals surface area contributed by atoms with Crippen LogP contribution in [0, 0.1) is 16.0 Å². The van der Waals surface area contributed by atoms with Crippen LogP contribution in [0.2, 0.25) is 0 Å². The van der Waals surface area contributed by atoms with E-state index in [4.69, 9.17) is 5.73 Å². The molecule has 1 aromatic carbocycles. The Hall–Kier alpha value is -1.67. The normalized spacial score (nSPS) is 12.1. The van der Waals surface area contributed by atoms with E-state index in [1.807, 2.05) is 13.8 Å². The summed E-state index contributed by atoms with van der Waals surface area (Å²) in [4.78, 5) is 10.0. The van der Waals surface area contributed by atoms with Crippen LogP contribution < -0.4 is 5.73 Å². The topological polar surface area (TPSA) is 107 Å². The molecule has 7 nitrogen and oxygen atoms in total. The lowest BCUT2D eigenvalue weighted by atomic mass is 10.2. The summed E-state index contributed by atoms with van der Waals surface area (Å²) in [6.07, 6.45) is 0. The SMILES string of the molecule is CCN(CC(C)C)S(=O)(=O)c1ccc([N+](=O)[O-])c(N)c1. The summed E-state index contributed by atoms with van der Waals surface area (Å²) in [5.41, 5.74) is 5.09. The molecule has 0 bridgehead atoms. The van der Waals surface area contributed by atoms with Crippen molar-refractivity contribution in [2.75, 3.05) is 18.8 Å². The highest BCUT2D eigenvalue weighted by atomic mass is 32.2. The molecule has 1 rings (SSSR count). The zero-order chi connectivity index (χ0) is 15.5. The van der Waals surface area contributed by atoms with Crippen LogP contribution in [-0.2, 0) is 10.0 Å². The number of benzene rings is 1. The minimum absolute atomic E-state index is 0.0249. The highest BCUT2D eigenvalue weighted by molar-refractivity contribution is 7.89. The number of rotatable bonds is 6. The third kappa shape index (κ3) is 3.45. The quantitative estimate of drug-likeness (QED) is 0.490. The molecule has 0 fully saturated rings. The van der Waals surface area contributed by atoms with Crippen molar-refractivity contribution in [1.82, 2.24) is 4.31 Å².